The van der Waals surface area contributed by atoms with E-state index in [1.54, 1.807) is 0 Å². The van der Waals surface area contributed by atoms with Crippen LogP contribution in [0, 0.1) is 0 Å². The molecule has 0 aliphatic rings. The second kappa shape index (κ2) is 6.45. The van der Waals surface area contributed by atoms with E-state index >= 15 is 0 Å². The first-order valence-electron chi connectivity index (χ1n) is 8.66. The summed E-state index contributed by atoms with van der Waals surface area (Å²) in [5.41, 5.74) is 2.00. The summed E-state index contributed by atoms with van der Waals surface area (Å²) in [6.07, 6.45) is 0. The molecule has 3 heteroatoms. The summed E-state index contributed by atoms with van der Waals surface area (Å²) >= 11 is 12.1. The SMILES string of the molecule is Clc1ccc(-c2oc(-c3ccc(Cl)cc3)c3cc4ccccc4cc23)cc1. The summed E-state index contributed by atoms with van der Waals surface area (Å²) in [4.78, 5) is 0. The Kier molecular flexibility index (Phi) is 3.93. The highest BCUT2D eigenvalue weighted by Crippen LogP contribution is 2.41. The van der Waals surface area contributed by atoms with Crippen molar-refractivity contribution >= 4 is 44.7 Å². The van der Waals surface area contributed by atoms with Gasteiger partial charge in [0.1, 0.15) is 11.5 Å². The third-order valence-electron chi connectivity index (χ3n) is 4.79. The van der Waals surface area contributed by atoms with Gasteiger partial charge >= 0.3 is 0 Å². The molecule has 0 unspecified atom stereocenters. The van der Waals surface area contributed by atoms with Crippen molar-refractivity contribution in [2.24, 2.45) is 0 Å². The minimum absolute atomic E-state index is 0.706. The number of halogens is 2. The molecule has 1 nitrogen and oxygen atoms in total. The summed E-state index contributed by atoms with van der Waals surface area (Å²) in [7, 11) is 0. The minimum atomic E-state index is 0.706. The van der Waals surface area contributed by atoms with Crippen LogP contribution in [0.15, 0.2) is 89.3 Å². The fraction of sp³-hybridized carbons (Fsp3) is 0. The van der Waals surface area contributed by atoms with E-state index in [0.29, 0.717) is 10.0 Å². The molecule has 0 amide bonds. The average Bonchev–Trinajstić information content (AvgIpc) is 3.06. The van der Waals surface area contributed by atoms with Crippen molar-refractivity contribution in [2.45, 2.75) is 0 Å². The van der Waals surface area contributed by atoms with Gasteiger partial charge in [0.2, 0.25) is 0 Å². The summed E-state index contributed by atoms with van der Waals surface area (Å²) < 4.78 is 6.40. The molecule has 0 aliphatic heterocycles. The lowest BCUT2D eigenvalue weighted by Crippen LogP contribution is -1.77. The van der Waals surface area contributed by atoms with Crippen molar-refractivity contribution in [1.82, 2.24) is 0 Å². The minimum Gasteiger partial charge on any atom is -0.455 e. The van der Waals surface area contributed by atoms with Gasteiger partial charge in [0.25, 0.3) is 0 Å². The predicted molar refractivity (Wildman–Crippen MR) is 115 cm³/mol. The van der Waals surface area contributed by atoms with Gasteiger partial charge in [-0.15, -0.1) is 0 Å². The molecule has 0 atom stereocenters. The molecule has 0 N–H and O–H groups in total. The molecule has 5 aromatic rings. The van der Waals surface area contributed by atoms with E-state index in [9.17, 15) is 0 Å². The second-order valence-corrected chi connectivity index (χ2v) is 7.39. The highest BCUT2D eigenvalue weighted by molar-refractivity contribution is 6.31. The van der Waals surface area contributed by atoms with Crippen molar-refractivity contribution in [3.8, 4) is 22.6 Å². The lowest BCUT2D eigenvalue weighted by Gasteiger charge is -2.01. The summed E-state index contributed by atoms with van der Waals surface area (Å²) in [5, 5.41) is 5.95. The van der Waals surface area contributed by atoms with E-state index < -0.39 is 0 Å². The van der Waals surface area contributed by atoms with E-state index in [-0.39, 0.29) is 0 Å². The molecule has 0 spiro atoms. The number of hydrogen-bond donors (Lipinski definition) is 0. The van der Waals surface area contributed by atoms with Gasteiger partial charge in [-0.25, -0.2) is 0 Å². The van der Waals surface area contributed by atoms with Crippen LogP contribution >= 0.6 is 23.2 Å². The van der Waals surface area contributed by atoms with Crippen LogP contribution in [0.2, 0.25) is 10.0 Å². The Balaban J connectivity index is 1.84. The molecule has 1 aromatic heterocycles. The van der Waals surface area contributed by atoms with Crippen LogP contribution in [-0.4, -0.2) is 0 Å². The molecular formula is C24H14Cl2O. The molecule has 27 heavy (non-hydrogen) atoms. The van der Waals surface area contributed by atoms with Crippen LogP contribution in [0.5, 0.6) is 0 Å². The molecule has 4 aromatic carbocycles. The lowest BCUT2D eigenvalue weighted by atomic mass is 10.0. The van der Waals surface area contributed by atoms with Gasteiger partial charge in [0.15, 0.2) is 0 Å². The number of fused-ring (bicyclic) bond motifs is 2. The van der Waals surface area contributed by atoms with Crippen LogP contribution in [0.1, 0.15) is 0 Å². The number of rotatable bonds is 2. The van der Waals surface area contributed by atoms with Gasteiger partial charge in [-0.1, -0.05) is 47.5 Å². The fourth-order valence-corrected chi connectivity index (χ4v) is 3.71. The summed E-state index contributed by atoms with van der Waals surface area (Å²) in [5.74, 6) is 1.69. The summed E-state index contributed by atoms with van der Waals surface area (Å²) in [6, 6.07) is 28.2. The van der Waals surface area contributed by atoms with Crippen LogP contribution in [0.4, 0.5) is 0 Å². The molecule has 1 heterocycles. The monoisotopic (exact) mass is 388 g/mol. The molecular weight excluding hydrogens is 375 g/mol. The maximum atomic E-state index is 6.40. The fourth-order valence-electron chi connectivity index (χ4n) is 3.46. The highest BCUT2D eigenvalue weighted by Gasteiger charge is 2.17. The maximum Gasteiger partial charge on any atom is 0.142 e. The molecule has 0 fully saturated rings. The Morgan fingerprint density at radius 1 is 0.519 bits per heavy atom. The standard InChI is InChI=1S/C24H14Cl2O/c25-19-9-5-15(6-10-19)23-21-13-17-3-1-2-4-18(17)14-22(21)24(27-23)16-7-11-20(26)12-8-16/h1-14H. The first-order valence-corrected chi connectivity index (χ1v) is 9.42. The van der Waals surface area contributed by atoms with E-state index in [2.05, 4.69) is 36.4 Å². The topological polar surface area (TPSA) is 13.1 Å². The molecule has 0 saturated carbocycles. The molecule has 0 aliphatic carbocycles. The first kappa shape index (κ1) is 16.4. The number of benzene rings is 4. The number of furan rings is 1. The third-order valence-corrected chi connectivity index (χ3v) is 5.30. The van der Waals surface area contributed by atoms with Crippen LogP contribution in [-0.2, 0) is 0 Å². The van der Waals surface area contributed by atoms with Gasteiger partial charge < -0.3 is 4.42 Å². The molecule has 0 saturated heterocycles. The van der Waals surface area contributed by atoms with Gasteiger partial charge in [-0.05, 0) is 71.4 Å². The average molecular weight is 389 g/mol. The van der Waals surface area contributed by atoms with Gasteiger partial charge in [-0.2, -0.15) is 0 Å². The van der Waals surface area contributed by atoms with Crippen LogP contribution < -0.4 is 0 Å². The van der Waals surface area contributed by atoms with E-state index in [0.717, 1.165) is 33.4 Å². The zero-order valence-electron chi connectivity index (χ0n) is 14.2. The Morgan fingerprint density at radius 3 is 1.33 bits per heavy atom. The Morgan fingerprint density at radius 2 is 0.926 bits per heavy atom. The molecule has 0 radical (unpaired) electrons. The van der Waals surface area contributed by atoms with Crippen molar-refractivity contribution in [1.29, 1.82) is 0 Å². The maximum absolute atomic E-state index is 6.40. The van der Waals surface area contributed by atoms with Crippen molar-refractivity contribution in [3.05, 3.63) is 95.0 Å². The quantitative estimate of drug-likeness (QED) is 0.296. The summed E-state index contributed by atoms with van der Waals surface area (Å²) in [6.45, 7) is 0. The van der Waals surface area contributed by atoms with E-state index in [1.165, 1.54) is 10.8 Å². The van der Waals surface area contributed by atoms with Gasteiger partial charge in [0.05, 0.1) is 0 Å². The molecule has 5 rings (SSSR count). The Labute approximate surface area is 166 Å². The Hall–Kier alpha value is -2.74. The van der Waals surface area contributed by atoms with Crippen LogP contribution in [0.3, 0.4) is 0 Å². The van der Waals surface area contributed by atoms with Crippen molar-refractivity contribution in [2.75, 3.05) is 0 Å². The first-order chi connectivity index (χ1) is 13.2. The van der Waals surface area contributed by atoms with E-state index in [1.807, 2.05) is 48.5 Å². The Bertz CT molecular complexity index is 1170. The van der Waals surface area contributed by atoms with Crippen molar-refractivity contribution < 1.29 is 4.42 Å². The van der Waals surface area contributed by atoms with E-state index in [4.69, 9.17) is 27.6 Å². The van der Waals surface area contributed by atoms with Crippen LogP contribution in [0.25, 0.3) is 44.2 Å². The molecule has 0 bridgehead atoms. The zero-order chi connectivity index (χ0) is 18.4. The zero-order valence-corrected chi connectivity index (χ0v) is 15.8. The lowest BCUT2D eigenvalue weighted by molar-refractivity contribution is 0.602. The molecule has 130 valence electrons. The highest BCUT2D eigenvalue weighted by atomic mass is 35.5. The smallest absolute Gasteiger partial charge is 0.142 e. The normalized spacial score (nSPS) is 11.3. The van der Waals surface area contributed by atoms with Gasteiger partial charge in [0, 0.05) is 31.9 Å². The third kappa shape index (κ3) is 2.90. The second-order valence-electron chi connectivity index (χ2n) is 6.52. The van der Waals surface area contributed by atoms with Gasteiger partial charge in [-0.3, -0.25) is 0 Å². The number of hydrogen-bond acceptors (Lipinski definition) is 1. The van der Waals surface area contributed by atoms with Crippen molar-refractivity contribution in [3.63, 3.8) is 0 Å². The largest absolute Gasteiger partial charge is 0.455 e. The predicted octanol–water partition coefficient (Wildman–Crippen LogP) is 8.23.